The molecule has 0 saturated carbocycles. The van der Waals surface area contributed by atoms with E-state index in [9.17, 15) is 0 Å². The number of rotatable bonds is 1. The van der Waals surface area contributed by atoms with E-state index in [0.717, 1.165) is 0 Å². The Morgan fingerprint density at radius 1 is 0.494 bits per heavy atom. The molecule has 77 heavy (non-hydrogen) atoms. The largest absolute Gasteiger partial charge is 0.311 e. The Morgan fingerprint density at radius 2 is 1.00 bits per heavy atom. The average Bonchev–Trinajstić information content (AvgIpc) is 3.93. The lowest BCUT2D eigenvalue weighted by Crippen LogP contribution is -2.62. The first kappa shape index (κ1) is 51.6. The molecule has 14 rings (SSSR count). The number of hydrogen-bond donors (Lipinski definition) is 0. The third-order valence-corrected chi connectivity index (χ3v) is 27.3. The lowest BCUT2D eigenvalue weighted by atomic mass is 9.33. The fourth-order valence-electron chi connectivity index (χ4n) is 16.3. The minimum Gasteiger partial charge on any atom is -0.311 e. The summed E-state index contributed by atoms with van der Waals surface area (Å²) in [4.78, 5) is 5.58. The molecule has 5 bridgehead atoms. The maximum Gasteiger partial charge on any atom is 0.254 e. The van der Waals surface area contributed by atoms with Crippen LogP contribution in [0.25, 0.3) is 21.2 Å². The molecule has 5 heteroatoms. The van der Waals surface area contributed by atoms with E-state index in [-0.39, 0.29) is 50.0 Å². The van der Waals surface area contributed by atoms with E-state index >= 15 is 0 Å². The summed E-state index contributed by atoms with van der Waals surface area (Å²) in [6.07, 6.45) is 5.92. The monoisotopic (exact) mass is 1050 g/mol. The zero-order chi connectivity index (χ0) is 55.1. The molecule has 4 aliphatic heterocycles. The molecular formula is C72H87BN2SSi. The molecule has 0 fully saturated rings. The van der Waals surface area contributed by atoms with Gasteiger partial charge in [0.05, 0.1) is 18.8 Å². The smallest absolute Gasteiger partial charge is 0.254 e. The van der Waals surface area contributed by atoms with Crippen LogP contribution >= 0.6 is 11.3 Å². The highest BCUT2D eigenvalue weighted by Gasteiger charge is 2.55. The zero-order valence-corrected chi connectivity index (χ0v) is 52.5. The predicted octanol–water partition coefficient (Wildman–Crippen LogP) is 18.2. The van der Waals surface area contributed by atoms with Gasteiger partial charge in [0.15, 0.2) is 0 Å². The minimum absolute atomic E-state index is 0.0191. The third-order valence-electron chi connectivity index (χ3n) is 21.7. The van der Waals surface area contributed by atoms with Gasteiger partial charge >= 0.3 is 0 Å². The molecule has 5 heterocycles. The van der Waals surface area contributed by atoms with E-state index in [2.05, 4.69) is 256 Å². The van der Waals surface area contributed by atoms with Crippen LogP contribution in [0.1, 0.15) is 201 Å². The van der Waals surface area contributed by atoms with Gasteiger partial charge in [-0.1, -0.05) is 185 Å². The summed E-state index contributed by atoms with van der Waals surface area (Å²) in [5.74, 6) is 0. The van der Waals surface area contributed by atoms with Gasteiger partial charge in [-0.2, -0.15) is 0 Å². The van der Waals surface area contributed by atoms with Gasteiger partial charge in [-0.15, -0.1) is 11.3 Å². The summed E-state index contributed by atoms with van der Waals surface area (Å²) in [5.41, 5.74) is 26.2. The molecule has 7 aromatic rings. The van der Waals surface area contributed by atoms with Crippen molar-refractivity contribution in [3.63, 3.8) is 0 Å². The number of benzene rings is 6. The second kappa shape index (κ2) is 15.7. The fourth-order valence-corrected chi connectivity index (χ4v) is 22.0. The number of nitrogens with zero attached hydrogens (tertiary/aromatic N) is 2. The van der Waals surface area contributed by atoms with Crippen molar-refractivity contribution >= 4 is 91.2 Å². The lowest BCUT2D eigenvalue weighted by Gasteiger charge is -2.54. The van der Waals surface area contributed by atoms with Crippen LogP contribution in [0.5, 0.6) is 0 Å². The van der Waals surface area contributed by atoms with E-state index < -0.39 is 8.07 Å². The van der Waals surface area contributed by atoms with Crippen LogP contribution in [0.15, 0.2) is 97.1 Å². The van der Waals surface area contributed by atoms with Crippen LogP contribution in [0.2, 0.25) is 18.6 Å². The molecule has 398 valence electrons. The van der Waals surface area contributed by atoms with E-state index in [0.29, 0.717) is 5.54 Å². The Bertz CT molecular complexity index is 3670. The van der Waals surface area contributed by atoms with Crippen molar-refractivity contribution in [1.82, 2.24) is 0 Å². The first-order valence-electron chi connectivity index (χ1n) is 29.6. The number of hydrogen-bond acceptors (Lipinski definition) is 3. The van der Waals surface area contributed by atoms with Crippen molar-refractivity contribution in [3.05, 3.63) is 142 Å². The van der Waals surface area contributed by atoms with Gasteiger partial charge in [0.25, 0.3) is 6.71 Å². The van der Waals surface area contributed by atoms with Crippen molar-refractivity contribution in [2.75, 3.05) is 9.80 Å². The standard InChI is InChI=1S/C72H87BN2SSi/c1-65(2,3)43-23-25-45(26-24-43)74-58-33-44(66(4,5)6)34-59-63(58)73(62-48-36-50-53(40-60(48)76-64(62)74)70(13,14)32-30-68(50,9)10)55-37-51-54-39-57(55)75(59)56-38-52-49(67(7,8)29-31-69(52,11)12)35-47(56)42-21-27-46(28-22-42)77(19,20)61(72(54,17)18)41-71(51,15)16/h21-28,33-40,61H,29-32,41H2,1-20H3. The molecule has 1 aromatic heterocycles. The van der Waals surface area contributed by atoms with E-state index in [1.165, 1.54) is 125 Å². The Hall–Kier alpha value is -4.84. The molecule has 0 radical (unpaired) electrons. The summed E-state index contributed by atoms with van der Waals surface area (Å²) in [6.45, 7) is 50.3. The van der Waals surface area contributed by atoms with Crippen molar-refractivity contribution in [2.45, 2.75) is 219 Å². The van der Waals surface area contributed by atoms with Crippen LogP contribution in [0.3, 0.4) is 0 Å². The maximum atomic E-state index is 2.85. The van der Waals surface area contributed by atoms with Gasteiger partial charge < -0.3 is 9.80 Å². The molecule has 0 N–H and O–H groups in total. The van der Waals surface area contributed by atoms with Crippen LogP contribution in [-0.4, -0.2) is 14.8 Å². The zero-order valence-electron chi connectivity index (χ0n) is 50.7. The first-order valence-corrected chi connectivity index (χ1v) is 33.5. The van der Waals surface area contributed by atoms with Crippen LogP contribution < -0.4 is 31.4 Å². The number of anilines is 6. The molecule has 0 saturated heterocycles. The van der Waals surface area contributed by atoms with Crippen LogP contribution in [-0.2, 0) is 43.3 Å². The van der Waals surface area contributed by atoms with Crippen LogP contribution in [0, 0.1) is 0 Å². The molecule has 1 unspecified atom stereocenters. The van der Waals surface area contributed by atoms with E-state index in [1.54, 1.807) is 27.4 Å². The van der Waals surface area contributed by atoms with Gasteiger partial charge in [-0.3, -0.25) is 0 Å². The Morgan fingerprint density at radius 3 is 1.57 bits per heavy atom. The van der Waals surface area contributed by atoms with Gasteiger partial charge in [0, 0.05) is 33.0 Å². The molecular weight excluding hydrogens is 964 g/mol. The van der Waals surface area contributed by atoms with Gasteiger partial charge in [0.1, 0.15) is 0 Å². The van der Waals surface area contributed by atoms with Gasteiger partial charge in [0.2, 0.25) is 0 Å². The van der Waals surface area contributed by atoms with Crippen molar-refractivity contribution < 1.29 is 0 Å². The summed E-state index contributed by atoms with van der Waals surface area (Å²) in [6, 6.07) is 41.6. The molecule has 2 nitrogen and oxygen atoms in total. The van der Waals surface area contributed by atoms with Crippen molar-refractivity contribution in [3.8, 4) is 11.1 Å². The Labute approximate surface area is 469 Å². The quantitative estimate of drug-likeness (QED) is 0.151. The third kappa shape index (κ3) is 7.28. The molecule has 0 amide bonds. The SMILES string of the molecule is CC(C)(C)c1ccc(N2c3cc(C(C)(C)C)cc4c3B(c3cc5c6cc3N4c3cc4c(cc3-c3ccc(cc3)[Si](C)(C)C(CC5(C)C)C6(C)C)C(C)(C)CCC4(C)C)c3c2sc2cc4c(cc32)C(C)(C)CCC4(C)C)cc1. The molecule has 7 aliphatic rings. The van der Waals surface area contributed by atoms with E-state index in [1.807, 2.05) is 0 Å². The van der Waals surface area contributed by atoms with Crippen LogP contribution in [0.4, 0.5) is 33.4 Å². The molecule has 1 atom stereocenters. The second-order valence-electron chi connectivity index (χ2n) is 31.9. The summed E-state index contributed by atoms with van der Waals surface area (Å²) >= 11 is 2.05. The normalized spacial score (nSPS) is 22.0. The predicted molar refractivity (Wildman–Crippen MR) is 341 cm³/mol. The summed E-state index contributed by atoms with van der Waals surface area (Å²) in [7, 11) is -2.07. The Kier molecular flexibility index (Phi) is 10.5. The highest BCUT2D eigenvalue weighted by molar-refractivity contribution is 7.26. The number of fused-ring (bicyclic) bond motifs is 9. The van der Waals surface area contributed by atoms with Crippen molar-refractivity contribution in [1.29, 1.82) is 0 Å². The second-order valence-corrected chi connectivity index (χ2v) is 37.6. The van der Waals surface area contributed by atoms with Crippen molar-refractivity contribution in [2.24, 2.45) is 0 Å². The summed E-state index contributed by atoms with van der Waals surface area (Å²) in [5, 5.41) is 4.40. The number of thiophene rings is 1. The molecule has 6 aromatic carbocycles. The maximum absolute atomic E-state index is 2.85. The first-order chi connectivity index (χ1) is 35.6. The highest BCUT2D eigenvalue weighted by Crippen LogP contribution is 2.60. The minimum atomic E-state index is -2.07. The lowest BCUT2D eigenvalue weighted by molar-refractivity contribution is 0.325. The Balaban J connectivity index is 1.24. The topological polar surface area (TPSA) is 6.48 Å². The fraction of sp³-hybridized carbons (Fsp3) is 0.472. The average molecular weight is 1050 g/mol. The van der Waals surface area contributed by atoms with Gasteiger partial charge in [-0.05, 0) is 207 Å². The molecule has 3 aliphatic carbocycles. The molecule has 0 spiro atoms. The highest BCUT2D eigenvalue weighted by atomic mass is 32.1. The summed E-state index contributed by atoms with van der Waals surface area (Å²) < 4.78 is 1.42. The van der Waals surface area contributed by atoms with Gasteiger partial charge in [-0.25, -0.2) is 0 Å². The van der Waals surface area contributed by atoms with E-state index in [4.69, 9.17) is 0 Å².